The minimum atomic E-state index is -0.726. The molecule has 2 saturated carbocycles. The van der Waals surface area contributed by atoms with Crippen LogP contribution in [0.25, 0.3) is 0 Å². The summed E-state index contributed by atoms with van der Waals surface area (Å²) in [6.45, 7) is 2.70. The molecule has 0 aromatic carbocycles. The largest absolute Gasteiger partial charge is 0.481 e. The average Bonchev–Trinajstić information content (AvgIpc) is 2.85. The minimum absolute atomic E-state index is 0.0866. The number of urea groups is 1. The molecular formula is C15H26N2O3. The lowest BCUT2D eigenvalue weighted by Crippen LogP contribution is -2.45. The zero-order valence-corrected chi connectivity index (χ0v) is 12.2. The van der Waals surface area contributed by atoms with Crippen molar-refractivity contribution in [1.82, 2.24) is 10.6 Å². The van der Waals surface area contributed by atoms with Crippen molar-refractivity contribution in [3.63, 3.8) is 0 Å². The van der Waals surface area contributed by atoms with E-state index in [0.29, 0.717) is 12.5 Å². The first-order valence-electron chi connectivity index (χ1n) is 7.83. The van der Waals surface area contributed by atoms with Crippen molar-refractivity contribution in [2.45, 2.75) is 57.9 Å². The predicted octanol–water partition coefficient (Wildman–Crippen LogP) is 2.37. The van der Waals surface area contributed by atoms with Gasteiger partial charge in [0.1, 0.15) is 0 Å². The first-order valence-corrected chi connectivity index (χ1v) is 7.83. The topological polar surface area (TPSA) is 78.4 Å². The lowest BCUT2D eigenvalue weighted by Gasteiger charge is -2.27. The molecule has 0 bridgehead atoms. The number of carbonyl (C=O) groups excluding carboxylic acids is 1. The molecule has 0 spiro atoms. The van der Waals surface area contributed by atoms with Gasteiger partial charge in [-0.3, -0.25) is 4.79 Å². The van der Waals surface area contributed by atoms with Crippen LogP contribution in [0, 0.1) is 17.8 Å². The molecule has 2 aliphatic carbocycles. The van der Waals surface area contributed by atoms with Gasteiger partial charge in [-0.05, 0) is 37.5 Å². The Kier molecular flexibility index (Phi) is 5.26. The summed E-state index contributed by atoms with van der Waals surface area (Å²) < 4.78 is 0. The van der Waals surface area contributed by atoms with Gasteiger partial charge in [-0.15, -0.1) is 0 Å². The Hall–Kier alpha value is -1.26. The molecule has 2 fully saturated rings. The van der Waals surface area contributed by atoms with E-state index in [-0.39, 0.29) is 23.9 Å². The molecule has 20 heavy (non-hydrogen) atoms. The van der Waals surface area contributed by atoms with Gasteiger partial charge in [-0.25, -0.2) is 4.79 Å². The number of carboxylic acids is 1. The van der Waals surface area contributed by atoms with Crippen LogP contribution in [0.5, 0.6) is 0 Å². The highest BCUT2D eigenvalue weighted by atomic mass is 16.4. The maximum Gasteiger partial charge on any atom is 0.315 e. The molecule has 0 aliphatic heterocycles. The van der Waals surface area contributed by atoms with Gasteiger partial charge in [0.15, 0.2) is 0 Å². The summed E-state index contributed by atoms with van der Waals surface area (Å²) in [6, 6.07) is 0.137. The Morgan fingerprint density at radius 1 is 1.15 bits per heavy atom. The molecule has 4 atom stereocenters. The molecular weight excluding hydrogens is 256 g/mol. The Bertz CT molecular complexity index is 359. The number of rotatable bonds is 4. The molecule has 5 heteroatoms. The molecule has 5 nitrogen and oxygen atoms in total. The highest BCUT2D eigenvalue weighted by Gasteiger charge is 2.33. The van der Waals surface area contributed by atoms with Crippen molar-refractivity contribution >= 4 is 12.0 Å². The Morgan fingerprint density at radius 3 is 2.60 bits per heavy atom. The van der Waals surface area contributed by atoms with Crippen LogP contribution in [0.1, 0.15) is 51.9 Å². The maximum absolute atomic E-state index is 11.9. The van der Waals surface area contributed by atoms with Crippen LogP contribution in [-0.4, -0.2) is 29.7 Å². The fourth-order valence-electron chi connectivity index (χ4n) is 3.63. The molecule has 0 aromatic heterocycles. The number of hydrogen-bond acceptors (Lipinski definition) is 2. The molecule has 0 heterocycles. The molecule has 0 saturated heterocycles. The van der Waals surface area contributed by atoms with Crippen LogP contribution in [0.3, 0.4) is 0 Å². The van der Waals surface area contributed by atoms with Gasteiger partial charge in [0.2, 0.25) is 0 Å². The standard InChI is InChI=1S/C15H26N2O3/c1-10-4-2-6-12(8-10)17-15(20)16-9-11-5-3-7-13(11)14(18)19/h10-13H,2-9H2,1H3,(H,18,19)(H2,16,17,20). The smallest absolute Gasteiger partial charge is 0.315 e. The van der Waals surface area contributed by atoms with Gasteiger partial charge in [0.05, 0.1) is 5.92 Å². The molecule has 3 N–H and O–H groups in total. The summed E-state index contributed by atoms with van der Waals surface area (Å²) in [4.78, 5) is 23.0. The van der Waals surface area contributed by atoms with Crippen LogP contribution < -0.4 is 10.6 Å². The third kappa shape index (κ3) is 4.12. The quantitative estimate of drug-likeness (QED) is 0.740. The van der Waals surface area contributed by atoms with E-state index in [2.05, 4.69) is 17.6 Å². The fraction of sp³-hybridized carbons (Fsp3) is 0.867. The second-order valence-corrected chi connectivity index (χ2v) is 6.46. The Balaban J connectivity index is 1.70. The SMILES string of the molecule is CC1CCCC(NC(=O)NCC2CCCC2C(=O)O)C1. The van der Waals surface area contributed by atoms with Gasteiger partial charge in [-0.2, -0.15) is 0 Å². The lowest BCUT2D eigenvalue weighted by atomic mass is 9.87. The van der Waals surface area contributed by atoms with E-state index < -0.39 is 5.97 Å². The van der Waals surface area contributed by atoms with Gasteiger partial charge < -0.3 is 15.7 Å². The third-order valence-corrected chi connectivity index (χ3v) is 4.77. The highest BCUT2D eigenvalue weighted by molar-refractivity contribution is 5.74. The number of carbonyl (C=O) groups is 2. The zero-order valence-electron chi connectivity index (χ0n) is 12.2. The summed E-state index contributed by atoms with van der Waals surface area (Å²) in [6.07, 6.45) is 7.12. The minimum Gasteiger partial charge on any atom is -0.481 e. The number of nitrogens with one attached hydrogen (secondary N) is 2. The summed E-state index contributed by atoms with van der Waals surface area (Å²) in [5.41, 5.74) is 0. The van der Waals surface area contributed by atoms with Crippen molar-refractivity contribution in [1.29, 1.82) is 0 Å². The van der Waals surface area contributed by atoms with E-state index in [4.69, 9.17) is 5.11 Å². The van der Waals surface area contributed by atoms with Crippen molar-refractivity contribution in [2.75, 3.05) is 6.54 Å². The summed E-state index contributed by atoms with van der Waals surface area (Å²) in [5.74, 6) is -0.246. The van der Waals surface area contributed by atoms with Gasteiger partial charge in [-0.1, -0.05) is 26.2 Å². The van der Waals surface area contributed by atoms with Crippen molar-refractivity contribution in [2.24, 2.45) is 17.8 Å². The fourth-order valence-corrected chi connectivity index (χ4v) is 3.63. The van der Waals surface area contributed by atoms with E-state index in [0.717, 1.165) is 32.1 Å². The number of carboxylic acid groups (broad SMARTS) is 1. The van der Waals surface area contributed by atoms with Gasteiger partial charge >= 0.3 is 12.0 Å². The first kappa shape index (κ1) is 15.1. The Labute approximate surface area is 120 Å². The number of aliphatic carboxylic acids is 1. The van der Waals surface area contributed by atoms with Crippen molar-refractivity contribution in [3.8, 4) is 0 Å². The molecule has 4 unspecified atom stereocenters. The molecule has 2 rings (SSSR count). The second kappa shape index (κ2) is 6.95. The van der Waals surface area contributed by atoms with Crippen LogP contribution in [0.4, 0.5) is 4.79 Å². The van der Waals surface area contributed by atoms with E-state index >= 15 is 0 Å². The van der Waals surface area contributed by atoms with Crippen molar-refractivity contribution < 1.29 is 14.7 Å². The van der Waals surface area contributed by atoms with E-state index in [9.17, 15) is 9.59 Å². The lowest BCUT2D eigenvalue weighted by molar-refractivity contribution is -0.142. The maximum atomic E-state index is 11.9. The van der Waals surface area contributed by atoms with E-state index in [1.54, 1.807) is 0 Å². The molecule has 0 aromatic rings. The summed E-state index contributed by atoms with van der Waals surface area (Å²) in [7, 11) is 0. The number of hydrogen-bond donors (Lipinski definition) is 3. The second-order valence-electron chi connectivity index (χ2n) is 6.46. The molecule has 2 aliphatic rings. The predicted molar refractivity (Wildman–Crippen MR) is 76.4 cm³/mol. The van der Waals surface area contributed by atoms with Crippen molar-refractivity contribution in [3.05, 3.63) is 0 Å². The summed E-state index contributed by atoms with van der Waals surface area (Å²) in [5, 5.41) is 15.0. The van der Waals surface area contributed by atoms with E-state index in [1.165, 1.54) is 12.8 Å². The summed E-state index contributed by atoms with van der Waals surface area (Å²) >= 11 is 0. The molecule has 0 radical (unpaired) electrons. The zero-order chi connectivity index (χ0) is 14.5. The van der Waals surface area contributed by atoms with Crippen LogP contribution in [0.15, 0.2) is 0 Å². The monoisotopic (exact) mass is 282 g/mol. The third-order valence-electron chi connectivity index (χ3n) is 4.77. The Morgan fingerprint density at radius 2 is 1.90 bits per heavy atom. The van der Waals surface area contributed by atoms with Crippen LogP contribution >= 0.6 is 0 Å². The normalized spacial score (nSPS) is 33.6. The molecule has 114 valence electrons. The highest BCUT2D eigenvalue weighted by Crippen LogP contribution is 2.31. The average molecular weight is 282 g/mol. The molecule has 2 amide bonds. The van der Waals surface area contributed by atoms with Crippen LogP contribution in [0.2, 0.25) is 0 Å². The van der Waals surface area contributed by atoms with E-state index in [1.807, 2.05) is 0 Å². The van der Waals surface area contributed by atoms with Gasteiger partial charge in [0, 0.05) is 12.6 Å². The first-order chi connectivity index (χ1) is 9.56. The number of amides is 2. The van der Waals surface area contributed by atoms with Gasteiger partial charge in [0.25, 0.3) is 0 Å². The van der Waals surface area contributed by atoms with Crippen LogP contribution in [-0.2, 0) is 4.79 Å².